The lowest BCUT2D eigenvalue weighted by Crippen LogP contribution is -2.53. The van der Waals surface area contributed by atoms with Crippen LogP contribution in [-0.4, -0.2) is 86.1 Å². The van der Waals surface area contributed by atoms with E-state index >= 15 is 0 Å². The van der Waals surface area contributed by atoms with Crippen molar-refractivity contribution in [3.05, 3.63) is 0 Å². The van der Waals surface area contributed by atoms with Gasteiger partial charge in [-0.15, -0.1) is 0 Å². The molecule has 0 aromatic heterocycles. The Morgan fingerprint density at radius 3 is 2.54 bits per heavy atom. The first-order valence-corrected chi connectivity index (χ1v) is 10.8. The lowest BCUT2D eigenvalue weighted by Gasteiger charge is -2.36. The van der Waals surface area contributed by atoms with Gasteiger partial charge >= 0.3 is 0 Å². The standard InChI is InChI=1S/C20H35N3O5/c24-14-18-17(22-19(25)13-23-9-11-27-12-10-23)6-5-16(28-18)7-8-21-20(26)15-3-1-2-4-15/h15-18,24H,1-14H2,(H,21,26)(H,22,25)/t16-,17+,18-/m0/s1. The van der Waals surface area contributed by atoms with Gasteiger partial charge in [-0.2, -0.15) is 0 Å². The first-order valence-electron chi connectivity index (χ1n) is 10.8. The highest BCUT2D eigenvalue weighted by Gasteiger charge is 2.32. The van der Waals surface area contributed by atoms with Crippen molar-refractivity contribution in [2.45, 2.75) is 63.2 Å². The summed E-state index contributed by atoms with van der Waals surface area (Å²) >= 11 is 0. The van der Waals surface area contributed by atoms with Gasteiger partial charge in [0.1, 0.15) is 6.10 Å². The van der Waals surface area contributed by atoms with E-state index < -0.39 is 6.10 Å². The predicted molar refractivity (Wildman–Crippen MR) is 104 cm³/mol. The van der Waals surface area contributed by atoms with Gasteiger partial charge in [-0.3, -0.25) is 14.5 Å². The van der Waals surface area contributed by atoms with E-state index in [1.54, 1.807) is 0 Å². The number of nitrogens with one attached hydrogen (secondary N) is 2. The summed E-state index contributed by atoms with van der Waals surface area (Å²) in [7, 11) is 0. The predicted octanol–water partition coefficient (Wildman–Crippen LogP) is 0.0398. The van der Waals surface area contributed by atoms with E-state index in [-0.39, 0.29) is 36.5 Å². The van der Waals surface area contributed by atoms with Crippen LogP contribution in [0.5, 0.6) is 0 Å². The Balaban J connectivity index is 1.35. The van der Waals surface area contributed by atoms with Gasteiger partial charge in [-0.1, -0.05) is 12.8 Å². The number of morpholine rings is 1. The molecule has 8 heteroatoms. The Morgan fingerprint density at radius 2 is 1.82 bits per heavy atom. The van der Waals surface area contributed by atoms with Gasteiger partial charge in [-0.25, -0.2) is 0 Å². The van der Waals surface area contributed by atoms with Crippen LogP contribution in [0.1, 0.15) is 44.9 Å². The molecule has 0 unspecified atom stereocenters. The van der Waals surface area contributed by atoms with Crippen molar-refractivity contribution in [1.29, 1.82) is 0 Å². The lowest BCUT2D eigenvalue weighted by atomic mass is 9.97. The maximum atomic E-state index is 12.3. The minimum absolute atomic E-state index is 0.00780. The van der Waals surface area contributed by atoms with Gasteiger partial charge < -0.3 is 25.2 Å². The van der Waals surface area contributed by atoms with Crippen molar-refractivity contribution >= 4 is 11.8 Å². The fourth-order valence-corrected chi connectivity index (χ4v) is 4.41. The summed E-state index contributed by atoms with van der Waals surface area (Å²) in [5, 5.41) is 15.7. The normalized spacial score (nSPS) is 29.5. The maximum absolute atomic E-state index is 12.3. The fourth-order valence-electron chi connectivity index (χ4n) is 4.41. The van der Waals surface area contributed by atoms with Crippen LogP contribution >= 0.6 is 0 Å². The number of aliphatic hydroxyl groups is 1. The molecule has 3 N–H and O–H groups in total. The van der Waals surface area contributed by atoms with Crippen LogP contribution in [0.2, 0.25) is 0 Å². The summed E-state index contributed by atoms with van der Waals surface area (Å²) in [5.41, 5.74) is 0. The zero-order valence-electron chi connectivity index (χ0n) is 16.7. The summed E-state index contributed by atoms with van der Waals surface area (Å²) in [4.78, 5) is 26.5. The van der Waals surface area contributed by atoms with E-state index in [2.05, 4.69) is 15.5 Å². The Hall–Kier alpha value is -1.22. The summed E-state index contributed by atoms with van der Waals surface area (Å²) in [6.45, 7) is 3.71. The number of hydrogen-bond donors (Lipinski definition) is 3. The van der Waals surface area contributed by atoms with E-state index in [1.165, 1.54) is 0 Å². The molecule has 2 saturated heterocycles. The lowest BCUT2D eigenvalue weighted by molar-refractivity contribution is -0.131. The molecule has 160 valence electrons. The molecule has 2 aliphatic heterocycles. The average molecular weight is 398 g/mol. The zero-order chi connectivity index (χ0) is 19.8. The van der Waals surface area contributed by atoms with Crippen LogP contribution in [0.25, 0.3) is 0 Å². The third-order valence-corrected chi connectivity index (χ3v) is 6.10. The number of carbonyl (C=O) groups is 2. The minimum Gasteiger partial charge on any atom is -0.394 e. The molecule has 2 amide bonds. The van der Waals surface area contributed by atoms with Crippen molar-refractivity contribution in [2.75, 3.05) is 46.0 Å². The molecule has 1 saturated carbocycles. The smallest absolute Gasteiger partial charge is 0.234 e. The molecule has 3 rings (SSSR count). The molecule has 1 aliphatic carbocycles. The average Bonchev–Trinajstić information content (AvgIpc) is 3.24. The summed E-state index contributed by atoms with van der Waals surface area (Å²) < 4.78 is 11.3. The second kappa shape index (κ2) is 11.1. The Labute approximate surface area is 167 Å². The van der Waals surface area contributed by atoms with Crippen molar-refractivity contribution in [3.63, 3.8) is 0 Å². The molecule has 0 bridgehead atoms. The summed E-state index contributed by atoms with van der Waals surface area (Å²) in [6.07, 6.45) is 6.27. The van der Waals surface area contributed by atoms with Gasteiger partial charge in [0.25, 0.3) is 0 Å². The topological polar surface area (TPSA) is 100 Å². The second-order valence-electron chi connectivity index (χ2n) is 8.18. The van der Waals surface area contributed by atoms with Crippen molar-refractivity contribution in [3.8, 4) is 0 Å². The fraction of sp³-hybridized carbons (Fsp3) is 0.900. The molecule has 8 nitrogen and oxygen atoms in total. The Kier molecular flexibility index (Phi) is 8.51. The van der Waals surface area contributed by atoms with Crippen molar-refractivity contribution in [2.24, 2.45) is 5.92 Å². The molecule has 3 fully saturated rings. The monoisotopic (exact) mass is 397 g/mol. The van der Waals surface area contributed by atoms with Gasteiger partial charge in [0.2, 0.25) is 11.8 Å². The van der Waals surface area contributed by atoms with Gasteiger partial charge in [0.15, 0.2) is 0 Å². The summed E-state index contributed by atoms with van der Waals surface area (Å²) in [5.74, 6) is 0.319. The molecule has 3 aliphatic rings. The SMILES string of the molecule is O=C(CN1CCOCC1)N[C@@H]1CC[C@@H](CCNC(=O)C2CCCC2)O[C@H]1CO. The highest BCUT2D eigenvalue weighted by atomic mass is 16.5. The van der Waals surface area contributed by atoms with Crippen LogP contribution in [0.4, 0.5) is 0 Å². The maximum Gasteiger partial charge on any atom is 0.234 e. The van der Waals surface area contributed by atoms with Crippen LogP contribution in [-0.2, 0) is 19.1 Å². The van der Waals surface area contributed by atoms with E-state index in [9.17, 15) is 14.7 Å². The van der Waals surface area contributed by atoms with Crippen LogP contribution in [0.15, 0.2) is 0 Å². The van der Waals surface area contributed by atoms with Crippen LogP contribution < -0.4 is 10.6 Å². The summed E-state index contributed by atoms with van der Waals surface area (Å²) in [6, 6.07) is -0.164. The first kappa shape index (κ1) is 21.5. The first-order chi connectivity index (χ1) is 13.7. The molecule has 3 atom stereocenters. The second-order valence-corrected chi connectivity index (χ2v) is 8.18. The van der Waals surface area contributed by atoms with E-state index in [0.717, 1.165) is 58.0 Å². The molecule has 0 aromatic rings. The van der Waals surface area contributed by atoms with Crippen LogP contribution in [0.3, 0.4) is 0 Å². The molecule has 28 heavy (non-hydrogen) atoms. The van der Waals surface area contributed by atoms with Crippen LogP contribution in [0, 0.1) is 5.92 Å². The Morgan fingerprint density at radius 1 is 1.07 bits per heavy atom. The third-order valence-electron chi connectivity index (χ3n) is 6.10. The number of amides is 2. The zero-order valence-corrected chi connectivity index (χ0v) is 16.7. The van der Waals surface area contributed by atoms with Gasteiger partial charge in [-0.05, 0) is 32.1 Å². The van der Waals surface area contributed by atoms with E-state index in [0.29, 0.717) is 26.3 Å². The number of carbonyl (C=O) groups excluding carboxylic acids is 2. The number of hydrogen-bond acceptors (Lipinski definition) is 6. The molecule has 0 aromatic carbocycles. The number of nitrogens with zero attached hydrogens (tertiary/aromatic N) is 1. The highest BCUT2D eigenvalue weighted by molar-refractivity contribution is 5.79. The molecular formula is C20H35N3O5. The van der Waals surface area contributed by atoms with Gasteiger partial charge in [0.05, 0.1) is 38.5 Å². The van der Waals surface area contributed by atoms with E-state index in [1.807, 2.05) is 0 Å². The minimum atomic E-state index is -0.391. The highest BCUT2D eigenvalue weighted by Crippen LogP contribution is 2.25. The molecular weight excluding hydrogens is 362 g/mol. The van der Waals surface area contributed by atoms with Crippen molar-refractivity contribution in [1.82, 2.24) is 15.5 Å². The number of aliphatic hydroxyl groups excluding tert-OH is 1. The molecule has 2 heterocycles. The Bertz CT molecular complexity index is 506. The molecule has 0 spiro atoms. The number of ether oxygens (including phenoxy) is 2. The largest absolute Gasteiger partial charge is 0.394 e. The van der Waals surface area contributed by atoms with Gasteiger partial charge in [0, 0.05) is 25.6 Å². The quantitative estimate of drug-likeness (QED) is 0.535. The van der Waals surface area contributed by atoms with E-state index in [4.69, 9.17) is 9.47 Å². The third kappa shape index (κ3) is 6.40. The number of rotatable bonds is 8. The molecule has 0 radical (unpaired) electrons. The van der Waals surface area contributed by atoms with Crippen molar-refractivity contribution < 1.29 is 24.2 Å².